The van der Waals surface area contributed by atoms with Crippen molar-refractivity contribution in [1.82, 2.24) is 19.6 Å². The van der Waals surface area contributed by atoms with Crippen molar-refractivity contribution in [3.8, 4) is 5.82 Å². The number of hydrogen-bond acceptors (Lipinski definition) is 5. The molecule has 1 N–H and O–H groups in total. The highest BCUT2D eigenvalue weighted by molar-refractivity contribution is 5.84. The van der Waals surface area contributed by atoms with Gasteiger partial charge in [-0.2, -0.15) is 0 Å². The first-order valence-corrected chi connectivity index (χ1v) is 11.1. The molecule has 30 heavy (non-hydrogen) atoms. The van der Waals surface area contributed by atoms with Gasteiger partial charge in [0.25, 0.3) is 5.56 Å². The third kappa shape index (κ3) is 3.99. The molecular weight excluding hydrogens is 380 g/mol. The second kappa shape index (κ2) is 8.22. The van der Waals surface area contributed by atoms with E-state index in [1.54, 1.807) is 0 Å². The Hall–Kier alpha value is -2.67. The van der Waals surface area contributed by atoms with E-state index in [1.807, 2.05) is 6.07 Å². The van der Waals surface area contributed by atoms with Crippen molar-refractivity contribution in [3.05, 3.63) is 56.9 Å². The summed E-state index contributed by atoms with van der Waals surface area (Å²) in [6.07, 6.45) is 10.7. The summed E-state index contributed by atoms with van der Waals surface area (Å²) in [5.41, 5.74) is 0.923. The van der Waals surface area contributed by atoms with E-state index in [4.69, 9.17) is 4.52 Å². The zero-order chi connectivity index (χ0) is 20.5. The average Bonchev–Trinajstić information content (AvgIpc) is 3.36. The molecule has 0 amide bonds. The van der Waals surface area contributed by atoms with Gasteiger partial charge in [-0.3, -0.25) is 9.78 Å². The molecule has 1 unspecified atom stereocenters. The number of benzene rings is 1. The van der Waals surface area contributed by atoms with Crippen molar-refractivity contribution in [3.63, 3.8) is 0 Å². The summed E-state index contributed by atoms with van der Waals surface area (Å²) in [5, 5.41) is 4.85. The summed E-state index contributed by atoms with van der Waals surface area (Å²) in [4.78, 5) is 28.4. The van der Waals surface area contributed by atoms with Crippen molar-refractivity contribution in [2.75, 3.05) is 19.6 Å². The summed E-state index contributed by atoms with van der Waals surface area (Å²) >= 11 is 0. The minimum atomic E-state index is -0.516. The summed E-state index contributed by atoms with van der Waals surface area (Å²) in [5.74, 6) is 1.97. The molecule has 0 bridgehead atoms. The first-order valence-electron chi connectivity index (χ1n) is 11.1. The number of nitrogens with zero attached hydrogens (tertiary/aromatic N) is 3. The fourth-order valence-electron chi connectivity index (χ4n) is 5.17. The molecule has 3 aromatic rings. The van der Waals surface area contributed by atoms with Gasteiger partial charge in [-0.1, -0.05) is 30.5 Å². The lowest BCUT2D eigenvalue weighted by Crippen LogP contribution is -2.28. The Morgan fingerprint density at radius 3 is 2.77 bits per heavy atom. The number of rotatable bonds is 5. The number of aromatic nitrogens is 3. The molecule has 5 rings (SSSR count). The lowest BCUT2D eigenvalue weighted by Gasteiger charge is -2.26. The van der Waals surface area contributed by atoms with Crippen molar-refractivity contribution < 1.29 is 4.52 Å². The average molecular weight is 409 g/mol. The highest BCUT2D eigenvalue weighted by Crippen LogP contribution is 2.29. The standard InChI is InChI=1S/C23H28N4O3/c28-21-9-11-27(23(29)24-21)22-19-13-17(6-7-20(19)30-25-22)12-18-8-10-26(15-18)14-16-4-2-1-3-5-16/h6-7,9,11,13,16,18H,1-5,8,10,12,14-15H2,(H,24,28,29). The first-order chi connectivity index (χ1) is 14.7. The molecule has 3 heterocycles. The number of H-pyrrole nitrogens is 1. The Labute approximate surface area is 174 Å². The Kier molecular flexibility index (Phi) is 5.29. The van der Waals surface area contributed by atoms with E-state index < -0.39 is 11.2 Å². The molecule has 1 atom stereocenters. The first kappa shape index (κ1) is 19.3. The van der Waals surface area contributed by atoms with Crippen molar-refractivity contribution in [2.24, 2.45) is 11.8 Å². The highest BCUT2D eigenvalue weighted by atomic mass is 16.5. The minimum absolute atomic E-state index is 0.415. The fraction of sp³-hybridized carbons (Fsp3) is 0.522. The molecule has 2 aromatic heterocycles. The fourth-order valence-corrected chi connectivity index (χ4v) is 5.17. The number of likely N-dealkylation sites (tertiary alicyclic amines) is 1. The monoisotopic (exact) mass is 408 g/mol. The molecule has 1 aliphatic heterocycles. The normalized spacial score (nSPS) is 20.9. The van der Waals surface area contributed by atoms with Crippen molar-refractivity contribution in [1.29, 1.82) is 0 Å². The molecule has 1 aliphatic carbocycles. The molecule has 2 fully saturated rings. The van der Waals surface area contributed by atoms with Gasteiger partial charge in [0.2, 0.25) is 0 Å². The van der Waals surface area contributed by atoms with Gasteiger partial charge < -0.3 is 9.42 Å². The van der Waals surface area contributed by atoms with Gasteiger partial charge in [0.1, 0.15) is 0 Å². The lowest BCUT2D eigenvalue weighted by molar-refractivity contribution is 0.228. The van der Waals surface area contributed by atoms with Crippen LogP contribution in [0.1, 0.15) is 44.1 Å². The van der Waals surface area contributed by atoms with Gasteiger partial charge in [-0.15, -0.1) is 0 Å². The second-order valence-electron chi connectivity index (χ2n) is 8.94. The number of fused-ring (bicyclic) bond motifs is 1. The quantitative estimate of drug-likeness (QED) is 0.701. The Morgan fingerprint density at radius 2 is 1.93 bits per heavy atom. The van der Waals surface area contributed by atoms with Crippen LogP contribution < -0.4 is 11.2 Å². The Balaban J connectivity index is 1.31. The smallest absolute Gasteiger partial charge is 0.334 e. The second-order valence-corrected chi connectivity index (χ2v) is 8.94. The van der Waals surface area contributed by atoms with Gasteiger partial charge in [-0.05, 0) is 61.8 Å². The van der Waals surface area contributed by atoms with Crippen LogP contribution in [0.5, 0.6) is 0 Å². The van der Waals surface area contributed by atoms with Crippen LogP contribution in [-0.4, -0.2) is 39.2 Å². The molecule has 1 aromatic carbocycles. The Bertz CT molecular complexity index is 1140. The van der Waals surface area contributed by atoms with Crippen LogP contribution in [0.2, 0.25) is 0 Å². The van der Waals surface area contributed by atoms with Crippen LogP contribution in [0.4, 0.5) is 0 Å². The maximum atomic E-state index is 12.2. The molecule has 2 aliphatic rings. The van der Waals surface area contributed by atoms with E-state index in [1.165, 1.54) is 80.6 Å². The SMILES string of the molecule is O=c1ccn(-c2noc3ccc(CC4CCN(CC5CCCCC5)C4)cc23)c(=O)[nH]1. The summed E-state index contributed by atoms with van der Waals surface area (Å²) in [7, 11) is 0. The third-order valence-electron chi connectivity index (χ3n) is 6.70. The van der Waals surface area contributed by atoms with Gasteiger partial charge in [0, 0.05) is 25.4 Å². The van der Waals surface area contributed by atoms with Gasteiger partial charge >= 0.3 is 5.69 Å². The summed E-state index contributed by atoms with van der Waals surface area (Å²) in [6, 6.07) is 7.40. The summed E-state index contributed by atoms with van der Waals surface area (Å²) < 4.78 is 6.72. The maximum absolute atomic E-state index is 12.2. The van der Waals surface area contributed by atoms with Crippen LogP contribution in [-0.2, 0) is 6.42 Å². The van der Waals surface area contributed by atoms with E-state index >= 15 is 0 Å². The third-order valence-corrected chi connectivity index (χ3v) is 6.70. The Morgan fingerprint density at radius 1 is 1.07 bits per heavy atom. The molecular formula is C23H28N4O3. The van der Waals surface area contributed by atoms with E-state index in [2.05, 4.69) is 27.2 Å². The molecule has 0 radical (unpaired) electrons. The largest absolute Gasteiger partial charge is 0.354 e. The van der Waals surface area contributed by atoms with E-state index in [0.717, 1.165) is 17.7 Å². The van der Waals surface area contributed by atoms with Crippen molar-refractivity contribution in [2.45, 2.75) is 44.9 Å². The van der Waals surface area contributed by atoms with Crippen molar-refractivity contribution >= 4 is 11.0 Å². The van der Waals surface area contributed by atoms with E-state index in [9.17, 15) is 9.59 Å². The zero-order valence-corrected chi connectivity index (χ0v) is 17.2. The molecule has 158 valence electrons. The highest BCUT2D eigenvalue weighted by Gasteiger charge is 2.26. The molecule has 7 heteroatoms. The topological polar surface area (TPSA) is 84.1 Å². The number of nitrogens with one attached hydrogen (secondary N) is 1. The predicted octanol–water partition coefficient (Wildman–Crippen LogP) is 3.11. The van der Waals surface area contributed by atoms with Gasteiger partial charge in [-0.25, -0.2) is 9.36 Å². The number of aromatic amines is 1. The van der Waals surface area contributed by atoms with Gasteiger partial charge in [0.15, 0.2) is 11.4 Å². The molecule has 7 nitrogen and oxygen atoms in total. The van der Waals surface area contributed by atoms with E-state index in [0.29, 0.717) is 17.3 Å². The van der Waals surface area contributed by atoms with Crippen LogP contribution in [0, 0.1) is 11.8 Å². The van der Waals surface area contributed by atoms with Gasteiger partial charge in [0.05, 0.1) is 5.39 Å². The maximum Gasteiger partial charge on any atom is 0.334 e. The zero-order valence-electron chi connectivity index (χ0n) is 17.2. The summed E-state index contributed by atoms with van der Waals surface area (Å²) in [6.45, 7) is 3.64. The van der Waals surface area contributed by atoms with E-state index in [-0.39, 0.29) is 0 Å². The molecule has 1 saturated heterocycles. The van der Waals surface area contributed by atoms with Crippen LogP contribution in [0.25, 0.3) is 16.8 Å². The van der Waals surface area contributed by atoms with Crippen LogP contribution >= 0.6 is 0 Å². The number of hydrogen-bond donors (Lipinski definition) is 1. The van der Waals surface area contributed by atoms with Crippen LogP contribution in [0.15, 0.2) is 44.6 Å². The van der Waals surface area contributed by atoms with Crippen LogP contribution in [0.3, 0.4) is 0 Å². The molecule has 0 spiro atoms. The minimum Gasteiger partial charge on any atom is -0.354 e. The predicted molar refractivity (Wildman–Crippen MR) is 115 cm³/mol. The molecule has 1 saturated carbocycles. The lowest BCUT2D eigenvalue weighted by atomic mass is 9.89.